The van der Waals surface area contributed by atoms with E-state index >= 15 is 0 Å². The summed E-state index contributed by atoms with van der Waals surface area (Å²) in [5.74, 6) is 0.677. The molecule has 0 bridgehead atoms. The fourth-order valence-electron chi connectivity index (χ4n) is 3.02. The van der Waals surface area contributed by atoms with E-state index in [9.17, 15) is 9.59 Å². The first-order chi connectivity index (χ1) is 16.6. The van der Waals surface area contributed by atoms with Crippen molar-refractivity contribution < 1.29 is 23.8 Å². The third-order valence-electron chi connectivity index (χ3n) is 4.64. The van der Waals surface area contributed by atoms with Crippen LogP contribution in [0.1, 0.15) is 41.8 Å². The van der Waals surface area contributed by atoms with E-state index in [1.165, 1.54) is 6.21 Å². The predicted molar refractivity (Wildman–Crippen MR) is 131 cm³/mol. The highest BCUT2D eigenvalue weighted by Crippen LogP contribution is 2.29. The van der Waals surface area contributed by atoms with Gasteiger partial charge in [0.05, 0.1) is 31.4 Å². The quantitative estimate of drug-likeness (QED) is 0.193. The molecule has 3 rings (SSSR count). The van der Waals surface area contributed by atoms with Crippen LogP contribution in [0, 0.1) is 0 Å². The Hall–Kier alpha value is -4.13. The topological polar surface area (TPSA) is 86.2 Å². The second-order valence-electron chi connectivity index (χ2n) is 7.36. The SMILES string of the molecule is CCCOc1ccc(C(=O)Oc2ccc(/C=N\NC(=O)Cc3ccccc3)cc2OCC)cc1. The van der Waals surface area contributed by atoms with Crippen molar-refractivity contribution in [3.05, 3.63) is 89.5 Å². The molecule has 176 valence electrons. The molecule has 3 aromatic carbocycles. The summed E-state index contributed by atoms with van der Waals surface area (Å²) >= 11 is 0. The van der Waals surface area contributed by atoms with Crippen LogP contribution in [0.3, 0.4) is 0 Å². The van der Waals surface area contributed by atoms with Crippen LogP contribution in [0.15, 0.2) is 77.9 Å². The van der Waals surface area contributed by atoms with Crippen LogP contribution in [-0.2, 0) is 11.2 Å². The monoisotopic (exact) mass is 460 g/mol. The fraction of sp³-hybridized carbons (Fsp3) is 0.222. The average molecular weight is 461 g/mol. The van der Waals surface area contributed by atoms with Gasteiger partial charge in [-0.25, -0.2) is 10.2 Å². The minimum absolute atomic E-state index is 0.218. The molecule has 3 aromatic rings. The van der Waals surface area contributed by atoms with Crippen molar-refractivity contribution in [3.63, 3.8) is 0 Å². The number of ether oxygens (including phenoxy) is 3. The highest BCUT2D eigenvalue weighted by atomic mass is 16.6. The summed E-state index contributed by atoms with van der Waals surface area (Å²) in [4.78, 5) is 24.6. The smallest absolute Gasteiger partial charge is 0.343 e. The number of rotatable bonds is 11. The molecule has 0 heterocycles. The van der Waals surface area contributed by atoms with Crippen LogP contribution in [0.2, 0.25) is 0 Å². The normalized spacial score (nSPS) is 10.6. The first kappa shape index (κ1) is 24.5. The highest BCUT2D eigenvalue weighted by molar-refractivity contribution is 5.92. The molecular formula is C27H28N2O5. The van der Waals surface area contributed by atoms with E-state index < -0.39 is 5.97 Å². The minimum atomic E-state index is -0.502. The molecule has 0 aromatic heterocycles. The number of hydrazone groups is 1. The Morgan fingerprint density at radius 1 is 0.912 bits per heavy atom. The third-order valence-corrected chi connectivity index (χ3v) is 4.64. The Balaban J connectivity index is 1.62. The van der Waals surface area contributed by atoms with Crippen LogP contribution >= 0.6 is 0 Å². The van der Waals surface area contributed by atoms with Crippen molar-refractivity contribution in [2.24, 2.45) is 5.10 Å². The van der Waals surface area contributed by atoms with E-state index in [0.717, 1.165) is 12.0 Å². The molecule has 34 heavy (non-hydrogen) atoms. The molecule has 0 spiro atoms. The lowest BCUT2D eigenvalue weighted by atomic mass is 10.1. The number of benzene rings is 3. The lowest BCUT2D eigenvalue weighted by Crippen LogP contribution is -2.19. The van der Waals surface area contributed by atoms with Gasteiger partial charge in [0, 0.05) is 0 Å². The Kier molecular flexibility index (Phi) is 9.22. The summed E-state index contributed by atoms with van der Waals surface area (Å²) in [5, 5.41) is 4.01. The van der Waals surface area contributed by atoms with E-state index in [1.807, 2.05) is 44.2 Å². The van der Waals surface area contributed by atoms with Crippen molar-refractivity contribution in [1.29, 1.82) is 0 Å². The van der Waals surface area contributed by atoms with Gasteiger partial charge in [0.25, 0.3) is 0 Å². The standard InChI is InChI=1S/C27H28N2O5/c1-3-16-33-23-13-11-22(12-14-23)27(31)34-24-15-10-21(17-25(24)32-4-2)19-28-29-26(30)18-20-8-6-5-7-9-20/h5-15,17,19H,3-4,16,18H2,1-2H3,(H,29,30)/b28-19-. The van der Waals surface area contributed by atoms with Crippen molar-refractivity contribution in [2.45, 2.75) is 26.7 Å². The summed E-state index contributed by atoms with van der Waals surface area (Å²) in [5.41, 5.74) is 4.50. The van der Waals surface area contributed by atoms with Crippen molar-refractivity contribution in [3.8, 4) is 17.2 Å². The molecular weight excluding hydrogens is 432 g/mol. The number of carbonyl (C=O) groups is 2. The van der Waals surface area contributed by atoms with Gasteiger partial charge in [-0.05, 0) is 66.9 Å². The number of carbonyl (C=O) groups excluding carboxylic acids is 2. The zero-order valence-electron chi connectivity index (χ0n) is 19.3. The van der Waals surface area contributed by atoms with Gasteiger partial charge in [0.1, 0.15) is 5.75 Å². The van der Waals surface area contributed by atoms with Crippen molar-refractivity contribution in [1.82, 2.24) is 5.43 Å². The predicted octanol–water partition coefficient (Wildman–Crippen LogP) is 4.79. The lowest BCUT2D eigenvalue weighted by Gasteiger charge is -2.12. The second-order valence-corrected chi connectivity index (χ2v) is 7.36. The van der Waals surface area contributed by atoms with Gasteiger partial charge >= 0.3 is 5.97 Å². The van der Waals surface area contributed by atoms with E-state index in [0.29, 0.717) is 41.6 Å². The van der Waals surface area contributed by atoms with Crippen LogP contribution < -0.4 is 19.6 Å². The van der Waals surface area contributed by atoms with Gasteiger partial charge in [-0.15, -0.1) is 0 Å². The molecule has 0 aliphatic heterocycles. The summed E-state index contributed by atoms with van der Waals surface area (Å²) in [6, 6.07) is 21.3. The van der Waals surface area contributed by atoms with E-state index in [-0.39, 0.29) is 12.3 Å². The Bertz CT molecular complexity index is 1110. The molecule has 7 nitrogen and oxygen atoms in total. The van der Waals surface area contributed by atoms with Gasteiger partial charge in [0.15, 0.2) is 11.5 Å². The Morgan fingerprint density at radius 3 is 2.38 bits per heavy atom. The Labute approximate surface area is 199 Å². The molecule has 1 amide bonds. The summed E-state index contributed by atoms with van der Waals surface area (Å²) in [6.07, 6.45) is 2.65. The fourth-order valence-corrected chi connectivity index (χ4v) is 3.02. The summed E-state index contributed by atoms with van der Waals surface area (Å²) in [7, 11) is 0. The van der Waals surface area contributed by atoms with E-state index in [2.05, 4.69) is 10.5 Å². The number of hydrogen-bond donors (Lipinski definition) is 1. The molecule has 0 unspecified atom stereocenters. The maximum Gasteiger partial charge on any atom is 0.343 e. The molecule has 7 heteroatoms. The molecule has 0 saturated heterocycles. The summed E-state index contributed by atoms with van der Waals surface area (Å²) in [6.45, 7) is 4.88. The highest BCUT2D eigenvalue weighted by Gasteiger charge is 2.13. The molecule has 1 N–H and O–H groups in total. The largest absolute Gasteiger partial charge is 0.494 e. The molecule has 0 atom stereocenters. The molecule has 0 saturated carbocycles. The lowest BCUT2D eigenvalue weighted by molar-refractivity contribution is -0.120. The van der Waals surface area contributed by atoms with Crippen LogP contribution in [0.5, 0.6) is 17.2 Å². The first-order valence-corrected chi connectivity index (χ1v) is 11.2. The maximum absolute atomic E-state index is 12.6. The van der Waals surface area contributed by atoms with Crippen LogP contribution in [0.4, 0.5) is 0 Å². The summed E-state index contributed by atoms with van der Waals surface area (Å²) < 4.78 is 16.7. The average Bonchev–Trinajstić information content (AvgIpc) is 2.85. The van der Waals surface area contributed by atoms with Gasteiger partial charge in [0.2, 0.25) is 5.91 Å². The Morgan fingerprint density at radius 2 is 1.68 bits per heavy atom. The van der Waals surface area contributed by atoms with E-state index in [1.54, 1.807) is 42.5 Å². The van der Waals surface area contributed by atoms with Gasteiger partial charge in [-0.1, -0.05) is 37.3 Å². The number of nitrogens with one attached hydrogen (secondary N) is 1. The third kappa shape index (κ3) is 7.48. The minimum Gasteiger partial charge on any atom is -0.494 e. The maximum atomic E-state index is 12.6. The van der Waals surface area contributed by atoms with Gasteiger partial charge in [-0.3, -0.25) is 4.79 Å². The zero-order chi connectivity index (χ0) is 24.2. The first-order valence-electron chi connectivity index (χ1n) is 11.2. The van der Waals surface area contributed by atoms with E-state index in [4.69, 9.17) is 14.2 Å². The zero-order valence-corrected chi connectivity index (χ0v) is 19.3. The number of nitrogens with zero attached hydrogens (tertiary/aromatic N) is 1. The van der Waals surface area contributed by atoms with Gasteiger partial charge < -0.3 is 14.2 Å². The second kappa shape index (κ2) is 12.8. The molecule has 0 radical (unpaired) electrons. The van der Waals surface area contributed by atoms with Gasteiger partial charge in [-0.2, -0.15) is 5.10 Å². The molecule has 0 fully saturated rings. The number of esters is 1. The number of hydrogen-bond acceptors (Lipinski definition) is 6. The number of amides is 1. The molecule has 0 aliphatic rings. The van der Waals surface area contributed by atoms with Crippen LogP contribution in [0.25, 0.3) is 0 Å². The van der Waals surface area contributed by atoms with Crippen LogP contribution in [-0.4, -0.2) is 31.3 Å². The molecule has 0 aliphatic carbocycles. The van der Waals surface area contributed by atoms with Crippen molar-refractivity contribution in [2.75, 3.05) is 13.2 Å². The van der Waals surface area contributed by atoms with Crippen molar-refractivity contribution >= 4 is 18.1 Å².